The molecule has 1 fully saturated rings. The monoisotopic (exact) mass is 349 g/mol. The molecule has 0 unspecified atom stereocenters. The minimum absolute atomic E-state index is 0.0398. The number of carbonyl (C=O) groups is 2. The van der Waals surface area contributed by atoms with Crippen LogP contribution in [0, 0.1) is 6.92 Å². The molecule has 2 N–H and O–H groups in total. The van der Waals surface area contributed by atoms with E-state index in [1.165, 1.54) is 7.11 Å². The Balaban J connectivity index is 2.02. The number of aliphatic hydroxyl groups is 1. The molecule has 1 aromatic carbocycles. The highest BCUT2D eigenvalue weighted by Gasteiger charge is 2.28. The lowest BCUT2D eigenvalue weighted by Crippen LogP contribution is -2.56. The Kier molecular flexibility index (Phi) is 6.39. The number of aliphatic hydroxyl groups excluding tert-OH is 1. The summed E-state index contributed by atoms with van der Waals surface area (Å²) in [5.74, 6) is -0.422. The van der Waals surface area contributed by atoms with E-state index in [2.05, 4.69) is 10.2 Å². The van der Waals surface area contributed by atoms with E-state index in [1.807, 2.05) is 13.8 Å². The number of hydrogen-bond acceptors (Lipinski definition) is 5. The molecule has 2 atom stereocenters. The predicted octanol–water partition coefficient (Wildman–Crippen LogP) is 1.70. The van der Waals surface area contributed by atoms with Crippen LogP contribution in [0.15, 0.2) is 18.2 Å². The number of urea groups is 1. The van der Waals surface area contributed by atoms with Crippen LogP contribution in [0.25, 0.3) is 0 Å². The molecule has 2 amide bonds. The molecule has 0 radical (unpaired) electrons. The molecule has 2 rings (SSSR count). The zero-order chi connectivity index (χ0) is 18.6. The molecule has 1 heterocycles. The smallest absolute Gasteiger partial charge is 0.338 e. The van der Waals surface area contributed by atoms with Gasteiger partial charge in [-0.2, -0.15) is 0 Å². The summed E-state index contributed by atoms with van der Waals surface area (Å²) in [5, 5.41) is 12.4. The van der Waals surface area contributed by atoms with E-state index >= 15 is 0 Å². The van der Waals surface area contributed by atoms with Gasteiger partial charge in [0.05, 0.1) is 18.8 Å². The normalized spacial score (nSPS) is 19.4. The molecule has 1 aliphatic rings. The lowest BCUT2D eigenvalue weighted by molar-refractivity contribution is 0.0599. The third kappa shape index (κ3) is 4.93. The number of hydrogen-bond donors (Lipinski definition) is 2. The zero-order valence-corrected chi connectivity index (χ0v) is 15.3. The maximum Gasteiger partial charge on any atom is 0.338 e. The highest BCUT2D eigenvalue weighted by molar-refractivity contribution is 5.95. The van der Waals surface area contributed by atoms with Crippen LogP contribution in [-0.4, -0.2) is 72.3 Å². The first-order valence-corrected chi connectivity index (χ1v) is 8.48. The summed E-state index contributed by atoms with van der Waals surface area (Å²) in [6.45, 7) is 8.23. The molecule has 1 aromatic rings. The van der Waals surface area contributed by atoms with Gasteiger partial charge in [-0.05, 0) is 38.5 Å². The average Bonchev–Trinajstić information content (AvgIpc) is 2.55. The van der Waals surface area contributed by atoms with Crippen LogP contribution in [0.1, 0.15) is 29.8 Å². The molecule has 25 heavy (non-hydrogen) atoms. The number of amides is 2. The number of nitrogens with zero attached hydrogens (tertiary/aromatic N) is 2. The number of anilines is 1. The van der Waals surface area contributed by atoms with Gasteiger partial charge in [0, 0.05) is 37.9 Å². The SMILES string of the molecule is COC(=O)c1cc(NC(=O)N2CCN(C[C@H](C)O)C[C@H]2C)ccc1C. The lowest BCUT2D eigenvalue weighted by Gasteiger charge is -2.40. The van der Waals surface area contributed by atoms with Gasteiger partial charge in [-0.1, -0.05) is 6.07 Å². The number of methoxy groups -OCH3 is 1. The van der Waals surface area contributed by atoms with Crippen LogP contribution in [0.3, 0.4) is 0 Å². The number of β-amino-alcohol motifs (C(OH)–C–C–N with tert-alkyl or cyclic N) is 1. The molecule has 138 valence electrons. The van der Waals surface area contributed by atoms with E-state index in [4.69, 9.17) is 4.74 Å². The Morgan fingerprint density at radius 1 is 1.40 bits per heavy atom. The number of piperazine rings is 1. The van der Waals surface area contributed by atoms with Crippen LogP contribution < -0.4 is 5.32 Å². The van der Waals surface area contributed by atoms with E-state index in [9.17, 15) is 14.7 Å². The molecule has 0 bridgehead atoms. The molecule has 7 heteroatoms. The summed E-state index contributed by atoms with van der Waals surface area (Å²) in [6, 6.07) is 5.04. The number of benzene rings is 1. The molecule has 0 saturated carbocycles. The Morgan fingerprint density at radius 3 is 2.72 bits per heavy atom. The van der Waals surface area contributed by atoms with Crippen molar-refractivity contribution >= 4 is 17.7 Å². The van der Waals surface area contributed by atoms with Gasteiger partial charge in [-0.25, -0.2) is 9.59 Å². The van der Waals surface area contributed by atoms with E-state index in [-0.39, 0.29) is 18.2 Å². The molecule has 0 aliphatic carbocycles. The van der Waals surface area contributed by atoms with E-state index < -0.39 is 5.97 Å². The van der Waals surface area contributed by atoms with Crippen molar-refractivity contribution in [2.75, 3.05) is 38.6 Å². The summed E-state index contributed by atoms with van der Waals surface area (Å²) in [7, 11) is 1.33. The number of nitrogens with one attached hydrogen (secondary N) is 1. The van der Waals surface area contributed by atoms with E-state index in [1.54, 1.807) is 30.0 Å². The summed E-state index contributed by atoms with van der Waals surface area (Å²) in [5.41, 5.74) is 1.80. The van der Waals surface area contributed by atoms with Gasteiger partial charge in [-0.15, -0.1) is 0 Å². The second-order valence-electron chi connectivity index (χ2n) is 6.60. The van der Waals surface area contributed by atoms with Gasteiger partial charge < -0.3 is 20.1 Å². The Labute approximate surface area is 148 Å². The van der Waals surface area contributed by atoms with Crippen molar-refractivity contribution in [1.29, 1.82) is 0 Å². The third-order valence-corrected chi connectivity index (χ3v) is 4.39. The number of esters is 1. The maximum absolute atomic E-state index is 12.6. The summed E-state index contributed by atoms with van der Waals surface area (Å²) >= 11 is 0. The Bertz CT molecular complexity index is 633. The van der Waals surface area contributed by atoms with Crippen molar-refractivity contribution in [3.63, 3.8) is 0 Å². The average molecular weight is 349 g/mol. The second-order valence-corrected chi connectivity index (χ2v) is 6.60. The van der Waals surface area contributed by atoms with Gasteiger partial charge >= 0.3 is 12.0 Å². The van der Waals surface area contributed by atoms with Crippen LogP contribution in [0.4, 0.5) is 10.5 Å². The minimum atomic E-state index is -0.422. The van der Waals surface area contributed by atoms with Crippen molar-refractivity contribution in [3.8, 4) is 0 Å². The van der Waals surface area contributed by atoms with Crippen LogP contribution in [0.5, 0.6) is 0 Å². The molecule has 0 aromatic heterocycles. The van der Waals surface area contributed by atoms with Crippen molar-refractivity contribution in [2.45, 2.75) is 32.9 Å². The molecule has 7 nitrogen and oxygen atoms in total. The number of rotatable bonds is 4. The molecular weight excluding hydrogens is 322 g/mol. The van der Waals surface area contributed by atoms with Crippen LogP contribution in [0.2, 0.25) is 0 Å². The number of carbonyl (C=O) groups excluding carboxylic acids is 2. The topological polar surface area (TPSA) is 82.1 Å². The molecule has 1 aliphatic heterocycles. The predicted molar refractivity (Wildman–Crippen MR) is 95.8 cm³/mol. The first kappa shape index (κ1) is 19.2. The fraction of sp³-hybridized carbons (Fsp3) is 0.556. The first-order chi connectivity index (χ1) is 11.8. The quantitative estimate of drug-likeness (QED) is 0.809. The van der Waals surface area contributed by atoms with Gasteiger partial charge in [-0.3, -0.25) is 4.90 Å². The highest BCUT2D eigenvalue weighted by atomic mass is 16.5. The van der Waals surface area contributed by atoms with Crippen molar-refractivity contribution < 1.29 is 19.4 Å². The minimum Gasteiger partial charge on any atom is -0.465 e. The first-order valence-electron chi connectivity index (χ1n) is 8.48. The van der Waals surface area contributed by atoms with E-state index in [0.29, 0.717) is 24.3 Å². The van der Waals surface area contributed by atoms with Gasteiger partial charge in [0.1, 0.15) is 0 Å². The largest absolute Gasteiger partial charge is 0.465 e. The number of ether oxygens (including phenoxy) is 1. The van der Waals surface area contributed by atoms with Crippen LogP contribution >= 0.6 is 0 Å². The second kappa shape index (κ2) is 8.31. The highest BCUT2D eigenvalue weighted by Crippen LogP contribution is 2.18. The third-order valence-electron chi connectivity index (χ3n) is 4.39. The standard InChI is InChI=1S/C18H27N3O4/c1-12-5-6-15(9-16(12)17(23)25-4)19-18(24)21-8-7-20(10-13(21)2)11-14(3)22/h5-6,9,13-14,22H,7-8,10-11H2,1-4H3,(H,19,24)/t13-,14+/m1/s1. The summed E-state index contributed by atoms with van der Waals surface area (Å²) in [4.78, 5) is 28.3. The van der Waals surface area contributed by atoms with Crippen LogP contribution in [-0.2, 0) is 4.74 Å². The Hall–Kier alpha value is -2.12. The molecular formula is C18H27N3O4. The van der Waals surface area contributed by atoms with Gasteiger partial charge in [0.2, 0.25) is 0 Å². The van der Waals surface area contributed by atoms with Gasteiger partial charge in [0.25, 0.3) is 0 Å². The van der Waals surface area contributed by atoms with Crippen molar-refractivity contribution in [3.05, 3.63) is 29.3 Å². The summed E-state index contributed by atoms with van der Waals surface area (Å²) in [6.07, 6.45) is -0.378. The van der Waals surface area contributed by atoms with Crippen molar-refractivity contribution in [1.82, 2.24) is 9.80 Å². The van der Waals surface area contributed by atoms with Gasteiger partial charge in [0.15, 0.2) is 0 Å². The molecule has 0 spiro atoms. The summed E-state index contributed by atoms with van der Waals surface area (Å²) < 4.78 is 4.77. The fourth-order valence-electron chi connectivity index (χ4n) is 3.10. The van der Waals surface area contributed by atoms with E-state index in [0.717, 1.165) is 18.7 Å². The zero-order valence-electron chi connectivity index (χ0n) is 15.3. The molecule has 1 saturated heterocycles. The number of aryl methyl sites for hydroxylation is 1. The lowest BCUT2D eigenvalue weighted by atomic mass is 10.1. The Morgan fingerprint density at radius 2 is 2.12 bits per heavy atom. The maximum atomic E-state index is 12.6. The fourth-order valence-corrected chi connectivity index (χ4v) is 3.10. The van der Waals surface area contributed by atoms with Crippen molar-refractivity contribution in [2.24, 2.45) is 0 Å².